The number of allylic oxidation sites excluding steroid dienone is 1. The van der Waals surface area contributed by atoms with Gasteiger partial charge >= 0.3 is 5.97 Å². The number of unbranched alkanes of at least 4 members (excludes halogenated alkanes) is 4. The van der Waals surface area contributed by atoms with Crippen LogP contribution in [0, 0.1) is 42.4 Å². The number of aromatic carboxylic acids is 1. The summed E-state index contributed by atoms with van der Waals surface area (Å²) in [7, 11) is 0. The van der Waals surface area contributed by atoms with Crippen LogP contribution in [0.3, 0.4) is 0 Å². The highest BCUT2D eigenvalue weighted by Crippen LogP contribution is 2.54. The Balaban J connectivity index is 0.808. The van der Waals surface area contributed by atoms with E-state index in [9.17, 15) is 9.90 Å². The van der Waals surface area contributed by atoms with Crippen LogP contribution in [0.1, 0.15) is 216 Å². The molecule has 7 nitrogen and oxygen atoms in total. The third-order valence-corrected chi connectivity index (χ3v) is 21.0. The molecule has 0 spiro atoms. The Hall–Kier alpha value is -10.6. The zero-order valence-electron chi connectivity index (χ0n) is 63.6. The zero-order valence-corrected chi connectivity index (χ0v) is 63.6. The van der Waals surface area contributed by atoms with Crippen molar-refractivity contribution in [2.45, 2.75) is 157 Å². The fourth-order valence-corrected chi connectivity index (χ4v) is 14.8. The average molecular weight is 1390 g/mol. The number of aliphatic imine (C=N–C) groups is 1. The van der Waals surface area contributed by atoms with Crippen molar-refractivity contribution in [3.8, 4) is 64.2 Å². The molecule has 3 aliphatic rings. The molecule has 1 aliphatic heterocycles. The van der Waals surface area contributed by atoms with Crippen LogP contribution in [-0.2, 0) is 29.1 Å². The van der Waals surface area contributed by atoms with E-state index >= 15 is 0 Å². The minimum Gasteiger partial charge on any atom is -0.493 e. The van der Waals surface area contributed by atoms with Crippen LogP contribution in [0.15, 0.2) is 181 Å². The molecule has 1 heterocycles. The van der Waals surface area contributed by atoms with Crippen molar-refractivity contribution in [3.05, 3.63) is 259 Å². The van der Waals surface area contributed by atoms with Gasteiger partial charge in [-0.15, -0.1) is 24.7 Å². The van der Waals surface area contributed by atoms with E-state index in [0.717, 1.165) is 148 Å². The lowest BCUT2D eigenvalue weighted by Crippen LogP contribution is -2.24. The van der Waals surface area contributed by atoms with E-state index < -0.39 is 11.4 Å². The molecule has 7 heteroatoms. The second kappa shape index (κ2) is 32.2. The molecule has 0 saturated heterocycles. The maximum Gasteiger partial charge on any atom is 0.335 e. The van der Waals surface area contributed by atoms with Crippen LogP contribution in [0.5, 0.6) is 17.2 Å². The van der Waals surface area contributed by atoms with Crippen LogP contribution >= 0.6 is 0 Å². The molecule has 0 unspecified atom stereocenters. The van der Waals surface area contributed by atoms with E-state index in [0.29, 0.717) is 37.6 Å². The Kier molecular flexibility index (Phi) is 22.7. The first-order valence-corrected chi connectivity index (χ1v) is 37.8. The highest BCUT2D eigenvalue weighted by atomic mass is 16.5. The lowest BCUT2D eigenvalue weighted by atomic mass is 9.80. The SMILES string of the molecule is C#CCCCCc1ccc2c(c1)C(C)(C)c1ccc(N(c3ccc(/C=C/c4ccc(/C=C/c5ccc(/C=C/c6ccc(/C=C/C7=Nc8ccc(C(=O)O)cc8C7(C)C)cc6OCC(C)C)cc5OCC(C)C)cc4OCCC(C)C)cc3)c3ccc4c(c3)C(C)(C)c3cc(CCCCC#C)ccc3-4)cc1-2. The van der Waals surface area contributed by atoms with Crippen molar-refractivity contribution < 1.29 is 24.1 Å². The first kappa shape index (κ1) is 74.1. The molecule has 9 aromatic rings. The number of carbonyl (C=O) groups is 1. The van der Waals surface area contributed by atoms with Gasteiger partial charge in [0.05, 0.1) is 36.8 Å². The van der Waals surface area contributed by atoms with Gasteiger partial charge < -0.3 is 24.2 Å². The molecule has 12 rings (SSSR count). The number of carboxylic acids is 1. The van der Waals surface area contributed by atoms with Crippen LogP contribution < -0.4 is 19.1 Å². The number of fused-ring (bicyclic) bond motifs is 7. The third-order valence-electron chi connectivity index (χ3n) is 21.0. The van der Waals surface area contributed by atoms with Gasteiger partial charge in [-0.25, -0.2) is 4.79 Å². The number of hydrogen-bond donors (Lipinski definition) is 1. The summed E-state index contributed by atoms with van der Waals surface area (Å²) < 4.78 is 19.7. The summed E-state index contributed by atoms with van der Waals surface area (Å²) in [5.41, 5.74) is 25.8. The van der Waals surface area contributed by atoms with Gasteiger partial charge in [-0.05, 0) is 225 Å². The average Bonchev–Trinajstić information content (AvgIpc) is 1.58. The Morgan fingerprint density at radius 1 is 0.438 bits per heavy atom. The summed E-state index contributed by atoms with van der Waals surface area (Å²) in [4.78, 5) is 19.2. The standard InChI is InChI=1S/C98H102N2O5/c1-15-17-19-21-23-69-33-47-81-82-49-45-80(62-88(82)97(11,12)86(81)55-69)100(79-46-50-85-84(61-79)83-48-34-70(24-22-20-18-16-2)56-87(83)96(85,9)10)78-43-31-68(32-44-78)25-36-74-37-26-71(57-91(74)103-54-53-65(3)4)27-38-75-39-28-72(58-92(75)104-63-66(5)6)29-40-76-41-30-73(59-93(76)105-64-67(7)8)35-52-94-98(13,14)89-60-77(95(101)102)42-51-90(89)99-94/h1-2,25-52,55-62,65-67H,17-24,53-54,63-64H2,3-14H3,(H,101,102)/b36-25+,38-27+,40-29+,52-35+. The molecule has 0 saturated carbocycles. The maximum atomic E-state index is 11.8. The molecular weight excluding hydrogens is 1290 g/mol. The van der Waals surface area contributed by atoms with Gasteiger partial charge in [0.15, 0.2) is 0 Å². The van der Waals surface area contributed by atoms with E-state index in [4.69, 9.17) is 32.0 Å². The van der Waals surface area contributed by atoms with Crippen LogP contribution in [0.25, 0.3) is 64.8 Å². The first-order valence-electron chi connectivity index (χ1n) is 37.8. The number of anilines is 3. The molecule has 534 valence electrons. The van der Waals surface area contributed by atoms with Gasteiger partial charge in [-0.3, -0.25) is 4.99 Å². The Bertz CT molecular complexity index is 4950. The van der Waals surface area contributed by atoms with Crippen LogP contribution in [-0.4, -0.2) is 36.6 Å². The molecule has 0 aromatic heterocycles. The van der Waals surface area contributed by atoms with E-state index in [-0.39, 0.29) is 16.4 Å². The number of aryl methyl sites for hydroxylation is 2. The fourth-order valence-electron chi connectivity index (χ4n) is 14.8. The van der Waals surface area contributed by atoms with E-state index in [2.05, 4.69) is 294 Å². The molecule has 1 N–H and O–H groups in total. The van der Waals surface area contributed by atoms with Gasteiger partial charge in [0.25, 0.3) is 0 Å². The van der Waals surface area contributed by atoms with Crippen molar-refractivity contribution in [1.29, 1.82) is 0 Å². The summed E-state index contributed by atoms with van der Waals surface area (Å²) in [6.07, 6.45) is 37.1. The Morgan fingerprint density at radius 3 is 1.42 bits per heavy atom. The maximum absolute atomic E-state index is 11.8. The fraction of sp³-hybridized carbons (Fsp3) is 0.306. The van der Waals surface area contributed by atoms with Crippen molar-refractivity contribution in [2.75, 3.05) is 24.7 Å². The van der Waals surface area contributed by atoms with Gasteiger partial charge in [0, 0.05) is 62.8 Å². The predicted octanol–water partition coefficient (Wildman–Crippen LogP) is 25.2. The second-order valence-corrected chi connectivity index (χ2v) is 31.5. The Labute approximate surface area is 625 Å². The first-order chi connectivity index (χ1) is 50.5. The van der Waals surface area contributed by atoms with Crippen molar-refractivity contribution in [3.63, 3.8) is 0 Å². The number of rotatable bonds is 30. The highest BCUT2D eigenvalue weighted by molar-refractivity contribution is 6.11. The number of terminal acetylenes is 2. The van der Waals surface area contributed by atoms with E-state index in [1.807, 2.05) is 6.08 Å². The monoisotopic (exact) mass is 1390 g/mol. The highest BCUT2D eigenvalue weighted by Gasteiger charge is 2.39. The second-order valence-electron chi connectivity index (χ2n) is 31.5. The largest absolute Gasteiger partial charge is 0.493 e. The molecule has 0 bridgehead atoms. The molecule has 0 fully saturated rings. The Morgan fingerprint density at radius 2 is 0.895 bits per heavy atom. The zero-order chi connectivity index (χ0) is 74.2. The molecular formula is C98H102N2O5. The quantitative estimate of drug-likeness (QED) is 0.0274. The summed E-state index contributed by atoms with van der Waals surface area (Å²) in [6.45, 7) is 28.5. The van der Waals surface area contributed by atoms with Gasteiger partial charge in [0.1, 0.15) is 17.2 Å². The molecule has 0 amide bonds. The van der Waals surface area contributed by atoms with Gasteiger partial charge in [-0.2, -0.15) is 0 Å². The van der Waals surface area contributed by atoms with E-state index in [1.54, 1.807) is 18.2 Å². The summed E-state index contributed by atoms with van der Waals surface area (Å²) >= 11 is 0. The number of ether oxygens (including phenoxy) is 3. The molecule has 0 radical (unpaired) electrons. The van der Waals surface area contributed by atoms with Gasteiger partial charge in [-0.1, -0.05) is 223 Å². The molecule has 9 aromatic carbocycles. The molecule has 105 heavy (non-hydrogen) atoms. The van der Waals surface area contributed by atoms with Crippen LogP contribution in [0.4, 0.5) is 22.7 Å². The number of hydrogen-bond acceptors (Lipinski definition) is 6. The normalized spacial score (nSPS) is 14.2. The molecule has 0 atom stereocenters. The van der Waals surface area contributed by atoms with Crippen molar-refractivity contribution >= 4 is 77.0 Å². The number of benzene rings is 9. The number of carboxylic acid groups (broad SMARTS) is 1. The van der Waals surface area contributed by atoms with Crippen LogP contribution in [0.2, 0.25) is 0 Å². The van der Waals surface area contributed by atoms with Gasteiger partial charge in [0.2, 0.25) is 0 Å². The molecule has 2 aliphatic carbocycles. The minimum atomic E-state index is -0.947. The predicted molar refractivity (Wildman–Crippen MR) is 443 cm³/mol. The summed E-state index contributed by atoms with van der Waals surface area (Å²) in [5, 5.41) is 9.68. The minimum absolute atomic E-state index is 0.148. The summed E-state index contributed by atoms with van der Waals surface area (Å²) in [5.74, 6) is 8.26. The van der Waals surface area contributed by atoms with Crippen molar-refractivity contribution in [1.82, 2.24) is 0 Å². The lowest BCUT2D eigenvalue weighted by molar-refractivity contribution is 0.0696. The third kappa shape index (κ3) is 16.8. The van der Waals surface area contributed by atoms with E-state index in [1.165, 1.54) is 55.6 Å². The topological polar surface area (TPSA) is 80.6 Å². The summed E-state index contributed by atoms with van der Waals surface area (Å²) in [6, 6.07) is 61.8. The van der Waals surface area contributed by atoms with Crippen molar-refractivity contribution in [2.24, 2.45) is 22.7 Å². The lowest BCUT2D eigenvalue weighted by Gasteiger charge is -2.29. The smallest absolute Gasteiger partial charge is 0.335 e. The number of nitrogens with zero attached hydrogens (tertiary/aromatic N) is 2.